The van der Waals surface area contributed by atoms with Crippen LogP contribution in [0.2, 0.25) is 0 Å². The van der Waals surface area contributed by atoms with Gasteiger partial charge in [-0.1, -0.05) is 37.3 Å². The van der Waals surface area contributed by atoms with Crippen molar-refractivity contribution in [2.75, 3.05) is 0 Å². The van der Waals surface area contributed by atoms with E-state index in [9.17, 15) is 9.59 Å². The molecule has 1 aromatic rings. The highest BCUT2D eigenvalue weighted by atomic mass is 16.2. The van der Waals surface area contributed by atoms with Crippen molar-refractivity contribution >= 4 is 11.8 Å². The fraction of sp³-hybridized carbons (Fsp3) is 0.385. The quantitative estimate of drug-likeness (QED) is 0.804. The third kappa shape index (κ3) is 4.68. The predicted molar refractivity (Wildman–Crippen MR) is 66.2 cm³/mol. The summed E-state index contributed by atoms with van der Waals surface area (Å²) in [5.74, 6) is -0.289. The molecule has 1 rings (SSSR count). The van der Waals surface area contributed by atoms with Gasteiger partial charge in [-0.25, -0.2) is 0 Å². The Labute approximate surface area is 101 Å². The third-order valence-corrected chi connectivity index (χ3v) is 2.40. The number of hydrogen-bond donors (Lipinski definition) is 2. The second-order valence-electron chi connectivity index (χ2n) is 3.85. The van der Waals surface area contributed by atoms with Crippen molar-refractivity contribution in [3.05, 3.63) is 35.9 Å². The maximum absolute atomic E-state index is 11.6. The molecule has 0 radical (unpaired) electrons. The fourth-order valence-corrected chi connectivity index (χ4v) is 1.35. The van der Waals surface area contributed by atoms with E-state index in [2.05, 4.69) is 10.6 Å². The summed E-state index contributed by atoms with van der Waals surface area (Å²) in [5, 5.41) is 5.39. The smallest absolute Gasteiger partial charge is 0.242 e. The molecule has 4 heteroatoms. The molecular formula is C13H18N2O2. The topological polar surface area (TPSA) is 58.2 Å². The van der Waals surface area contributed by atoms with Crippen LogP contribution in [0.4, 0.5) is 0 Å². The number of benzene rings is 1. The summed E-state index contributed by atoms with van der Waals surface area (Å²) in [4.78, 5) is 22.8. The summed E-state index contributed by atoms with van der Waals surface area (Å²) >= 11 is 0. The van der Waals surface area contributed by atoms with Crippen molar-refractivity contribution in [1.29, 1.82) is 0 Å². The van der Waals surface area contributed by atoms with E-state index >= 15 is 0 Å². The molecule has 92 valence electrons. The molecule has 1 unspecified atom stereocenters. The van der Waals surface area contributed by atoms with Gasteiger partial charge in [0.1, 0.15) is 6.04 Å². The summed E-state index contributed by atoms with van der Waals surface area (Å²) in [6.07, 6.45) is 0.385. The van der Waals surface area contributed by atoms with Gasteiger partial charge >= 0.3 is 0 Å². The molecule has 0 heterocycles. The van der Waals surface area contributed by atoms with Crippen LogP contribution in [-0.4, -0.2) is 17.9 Å². The molecule has 0 aliphatic rings. The molecule has 17 heavy (non-hydrogen) atoms. The molecular weight excluding hydrogens is 216 g/mol. The summed E-state index contributed by atoms with van der Waals surface area (Å²) in [6, 6.07) is 9.15. The first-order valence-corrected chi connectivity index (χ1v) is 5.74. The molecule has 2 amide bonds. The molecule has 1 atom stereocenters. The van der Waals surface area contributed by atoms with Gasteiger partial charge in [0, 0.05) is 13.0 Å². The molecule has 0 aliphatic heterocycles. The summed E-state index contributed by atoms with van der Waals surface area (Å²) < 4.78 is 0. The lowest BCUT2D eigenvalue weighted by Crippen LogP contribution is -2.44. The van der Waals surface area contributed by atoms with Gasteiger partial charge in [0.15, 0.2) is 0 Å². The van der Waals surface area contributed by atoms with Gasteiger partial charge in [0.25, 0.3) is 0 Å². The van der Waals surface area contributed by atoms with Crippen LogP contribution in [0.1, 0.15) is 25.8 Å². The van der Waals surface area contributed by atoms with Crippen molar-refractivity contribution in [3.8, 4) is 0 Å². The van der Waals surface area contributed by atoms with Crippen molar-refractivity contribution < 1.29 is 9.59 Å². The second kappa shape index (κ2) is 6.68. The third-order valence-electron chi connectivity index (χ3n) is 2.40. The van der Waals surface area contributed by atoms with E-state index in [4.69, 9.17) is 0 Å². The highest BCUT2D eigenvalue weighted by molar-refractivity contribution is 5.87. The lowest BCUT2D eigenvalue weighted by molar-refractivity contribution is -0.128. The lowest BCUT2D eigenvalue weighted by Gasteiger charge is -2.13. The van der Waals surface area contributed by atoms with Gasteiger partial charge in [-0.15, -0.1) is 0 Å². The Hall–Kier alpha value is -1.84. The summed E-state index contributed by atoms with van der Waals surface area (Å²) in [6.45, 7) is 3.91. The van der Waals surface area contributed by atoms with Crippen LogP contribution in [0.15, 0.2) is 30.3 Å². The van der Waals surface area contributed by atoms with Gasteiger partial charge in [-0.05, 0) is 12.5 Å². The average molecular weight is 234 g/mol. The first kappa shape index (κ1) is 13.2. The minimum atomic E-state index is -0.494. The van der Waals surface area contributed by atoms with E-state index < -0.39 is 6.04 Å². The number of amides is 2. The van der Waals surface area contributed by atoms with Crippen LogP contribution in [-0.2, 0) is 16.1 Å². The first-order chi connectivity index (χ1) is 8.13. The molecule has 0 saturated carbocycles. The van der Waals surface area contributed by atoms with E-state index in [1.54, 1.807) is 13.8 Å². The number of nitrogens with one attached hydrogen (secondary N) is 2. The Morgan fingerprint density at radius 3 is 2.47 bits per heavy atom. The van der Waals surface area contributed by atoms with E-state index in [0.29, 0.717) is 13.0 Å². The fourth-order valence-electron chi connectivity index (χ4n) is 1.35. The van der Waals surface area contributed by atoms with E-state index in [0.717, 1.165) is 5.56 Å². The van der Waals surface area contributed by atoms with Gasteiger partial charge < -0.3 is 10.6 Å². The van der Waals surface area contributed by atoms with Gasteiger partial charge in [-0.3, -0.25) is 9.59 Å². The van der Waals surface area contributed by atoms with Crippen LogP contribution >= 0.6 is 0 Å². The highest BCUT2D eigenvalue weighted by Crippen LogP contribution is 1.97. The number of hydrogen-bond acceptors (Lipinski definition) is 2. The Kier molecular flexibility index (Phi) is 5.20. The average Bonchev–Trinajstić information content (AvgIpc) is 2.36. The minimum Gasteiger partial charge on any atom is -0.350 e. The molecule has 0 saturated heterocycles. The maximum atomic E-state index is 11.6. The Morgan fingerprint density at radius 1 is 1.24 bits per heavy atom. The van der Waals surface area contributed by atoms with Crippen LogP contribution in [0.3, 0.4) is 0 Å². The first-order valence-electron chi connectivity index (χ1n) is 5.74. The molecule has 0 aromatic heterocycles. The van der Waals surface area contributed by atoms with E-state index in [-0.39, 0.29) is 11.8 Å². The molecule has 2 N–H and O–H groups in total. The number of rotatable bonds is 5. The predicted octanol–water partition coefficient (Wildman–Crippen LogP) is 1.22. The number of carbonyl (C=O) groups excluding carboxylic acids is 2. The maximum Gasteiger partial charge on any atom is 0.242 e. The highest BCUT2D eigenvalue weighted by Gasteiger charge is 2.13. The molecule has 0 aliphatic carbocycles. The number of carbonyl (C=O) groups is 2. The van der Waals surface area contributed by atoms with Crippen molar-refractivity contribution in [1.82, 2.24) is 10.6 Å². The monoisotopic (exact) mass is 234 g/mol. The van der Waals surface area contributed by atoms with Crippen molar-refractivity contribution in [2.24, 2.45) is 0 Å². The van der Waals surface area contributed by atoms with Crippen LogP contribution in [0.25, 0.3) is 0 Å². The molecule has 4 nitrogen and oxygen atoms in total. The molecule has 0 fully saturated rings. The summed E-state index contributed by atoms with van der Waals surface area (Å²) in [5.41, 5.74) is 1.04. The molecule has 0 spiro atoms. The Morgan fingerprint density at radius 2 is 1.88 bits per heavy atom. The summed E-state index contributed by atoms with van der Waals surface area (Å²) in [7, 11) is 0. The molecule has 0 bridgehead atoms. The lowest BCUT2D eigenvalue weighted by atomic mass is 10.2. The second-order valence-corrected chi connectivity index (χ2v) is 3.85. The van der Waals surface area contributed by atoms with Crippen LogP contribution in [0, 0.1) is 0 Å². The zero-order chi connectivity index (χ0) is 12.7. The van der Waals surface area contributed by atoms with Crippen LogP contribution < -0.4 is 10.6 Å². The normalized spacial score (nSPS) is 11.6. The minimum absolute atomic E-state index is 0.118. The Balaban J connectivity index is 2.37. The zero-order valence-corrected chi connectivity index (χ0v) is 10.2. The standard InChI is InChI=1S/C13H18N2O2/c1-3-12(16)15-10(2)13(17)14-9-11-7-5-4-6-8-11/h4-8,10H,3,9H2,1-2H3,(H,14,17)(H,15,16). The van der Waals surface area contributed by atoms with Crippen molar-refractivity contribution in [2.45, 2.75) is 32.9 Å². The van der Waals surface area contributed by atoms with Gasteiger partial charge in [-0.2, -0.15) is 0 Å². The van der Waals surface area contributed by atoms with Gasteiger partial charge in [0.2, 0.25) is 11.8 Å². The van der Waals surface area contributed by atoms with E-state index in [1.165, 1.54) is 0 Å². The van der Waals surface area contributed by atoms with Gasteiger partial charge in [0.05, 0.1) is 0 Å². The zero-order valence-electron chi connectivity index (χ0n) is 10.2. The largest absolute Gasteiger partial charge is 0.350 e. The SMILES string of the molecule is CCC(=O)NC(C)C(=O)NCc1ccccc1. The Bertz CT molecular complexity index is 376. The molecule has 1 aromatic carbocycles. The van der Waals surface area contributed by atoms with Crippen molar-refractivity contribution in [3.63, 3.8) is 0 Å². The van der Waals surface area contributed by atoms with E-state index in [1.807, 2.05) is 30.3 Å². The van der Waals surface area contributed by atoms with Crippen LogP contribution in [0.5, 0.6) is 0 Å².